The van der Waals surface area contributed by atoms with Crippen LogP contribution in [0, 0.1) is 0 Å². The highest BCUT2D eigenvalue weighted by atomic mass is 16.6. The molecule has 2 rings (SSSR count). The third-order valence-electron chi connectivity index (χ3n) is 3.89. The molecule has 0 aromatic carbocycles. The molecule has 4 atom stereocenters. The molecule has 2 unspecified atom stereocenters. The molecule has 4 nitrogen and oxygen atoms in total. The maximum absolute atomic E-state index is 6.09. The lowest BCUT2D eigenvalue weighted by molar-refractivity contribution is -0.150. The van der Waals surface area contributed by atoms with Gasteiger partial charge in [0.05, 0.1) is 12.6 Å². The Hall–Kier alpha value is -0.0951. The zero-order chi connectivity index (χ0) is 11.3. The zero-order valence-corrected chi connectivity index (χ0v) is 10.2. The largest absolute Gasteiger partial charge is 0.382 e. The molecule has 5 heteroatoms. The first-order valence-corrected chi connectivity index (χ1v) is 5.46. The number of hydrogen-bond donors (Lipinski definition) is 1. The normalized spacial score (nSPS) is 47.3. The summed E-state index contributed by atoms with van der Waals surface area (Å²) in [7, 11) is 5.53. The smallest absolute Gasteiger partial charge is 0.141 e. The fourth-order valence-electron chi connectivity index (χ4n) is 3.09. The van der Waals surface area contributed by atoms with Crippen LogP contribution < -0.4 is 5.32 Å². The first-order chi connectivity index (χ1) is 6.98. The number of rotatable bonds is 3. The topological polar surface area (TPSA) is 39.7 Å². The molecule has 0 saturated carbocycles. The summed E-state index contributed by atoms with van der Waals surface area (Å²) < 4.78 is 17.0. The van der Waals surface area contributed by atoms with Crippen molar-refractivity contribution in [3.63, 3.8) is 0 Å². The number of ether oxygens (including phenoxy) is 3. The van der Waals surface area contributed by atoms with Gasteiger partial charge in [-0.2, -0.15) is 0 Å². The molecule has 0 radical (unpaired) electrons. The van der Waals surface area contributed by atoms with Gasteiger partial charge in [-0.3, -0.25) is 0 Å². The van der Waals surface area contributed by atoms with Gasteiger partial charge in [-0.05, 0) is 13.8 Å². The first-order valence-electron chi connectivity index (χ1n) is 5.46. The van der Waals surface area contributed by atoms with E-state index in [2.05, 4.69) is 27.0 Å². The number of fused-ring (bicyclic) bond motifs is 2. The van der Waals surface area contributed by atoms with E-state index in [1.54, 1.807) is 14.2 Å². The van der Waals surface area contributed by atoms with E-state index in [1.807, 2.05) is 0 Å². The van der Waals surface area contributed by atoms with E-state index in [1.165, 1.54) is 0 Å². The lowest BCUT2D eigenvalue weighted by Crippen LogP contribution is -2.62. The predicted octanol–water partition coefficient (Wildman–Crippen LogP) is -0.874. The lowest BCUT2D eigenvalue weighted by atomic mass is 9.83. The summed E-state index contributed by atoms with van der Waals surface area (Å²) >= 11 is 0. The van der Waals surface area contributed by atoms with E-state index in [0.29, 0.717) is 6.61 Å². The first kappa shape index (κ1) is 11.4. The molecule has 1 N–H and O–H groups in total. The van der Waals surface area contributed by atoms with Crippen LogP contribution in [0.2, 0.25) is 0 Å². The van der Waals surface area contributed by atoms with Crippen LogP contribution in [-0.2, 0) is 14.2 Å². The molecule has 0 aromatic heterocycles. The van der Waals surface area contributed by atoms with Gasteiger partial charge in [0.1, 0.15) is 19.6 Å². The number of methoxy groups -OCH3 is 2. The van der Waals surface area contributed by atoms with Gasteiger partial charge in [0, 0.05) is 25.8 Å². The molecule has 86 valence electrons. The second-order valence-corrected chi connectivity index (χ2v) is 5.10. The van der Waals surface area contributed by atoms with E-state index in [0.717, 1.165) is 0 Å². The number of hydrogen-bond acceptors (Lipinski definition) is 4. The molecule has 2 aliphatic heterocycles. The van der Waals surface area contributed by atoms with Gasteiger partial charge in [0.2, 0.25) is 0 Å². The summed E-state index contributed by atoms with van der Waals surface area (Å²) in [4.78, 5) is 0. The van der Waals surface area contributed by atoms with Crippen LogP contribution >= 0.6 is 0 Å². The number of morpholine rings is 1. The van der Waals surface area contributed by atoms with Crippen LogP contribution in [-0.4, -0.2) is 58.0 Å². The van der Waals surface area contributed by atoms with Crippen molar-refractivity contribution in [3.05, 3.63) is 0 Å². The van der Waals surface area contributed by atoms with Crippen molar-refractivity contribution in [2.45, 2.75) is 43.1 Å². The van der Waals surface area contributed by atoms with Crippen LogP contribution in [0.4, 0.5) is 0 Å². The Morgan fingerprint density at radius 2 is 2.07 bits per heavy atom. The van der Waals surface area contributed by atoms with E-state index in [-0.39, 0.29) is 29.3 Å². The molecule has 15 heavy (non-hydrogen) atoms. The minimum atomic E-state index is -0.361. The fourth-order valence-corrected chi connectivity index (χ4v) is 3.09. The highest BCUT2D eigenvalue weighted by Gasteiger charge is 2.68. The molecule has 2 aliphatic rings. The molecule has 2 fully saturated rings. The van der Waals surface area contributed by atoms with Crippen molar-refractivity contribution in [1.82, 2.24) is 5.32 Å². The average molecular weight is 213 g/mol. The van der Waals surface area contributed by atoms with Gasteiger partial charge in [-0.15, -0.1) is 0 Å². The molecular weight excluding hydrogens is 193 g/mol. The zero-order valence-electron chi connectivity index (χ0n) is 10.2. The van der Waals surface area contributed by atoms with E-state index < -0.39 is 0 Å². The summed E-state index contributed by atoms with van der Waals surface area (Å²) in [5, 5.41) is 3.58. The highest BCUT2D eigenvalue weighted by molar-refractivity contribution is 6.12. The van der Waals surface area contributed by atoms with Gasteiger partial charge in [-0.25, -0.2) is 0 Å². The molecule has 2 bridgehead atoms. The third-order valence-corrected chi connectivity index (χ3v) is 3.89. The van der Waals surface area contributed by atoms with Crippen molar-refractivity contribution in [1.29, 1.82) is 0 Å². The van der Waals surface area contributed by atoms with Gasteiger partial charge >= 0.3 is 0 Å². The second-order valence-electron chi connectivity index (χ2n) is 5.10. The quantitative estimate of drug-likeness (QED) is 0.618. The Morgan fingerprint density at radius 1 is 1.40 bits per heavy atom. The van der Waals surface area contributed by atoms with Crippen molar-refractivity contribution < 1.29 is 14.2 Å². The molecule has 0 amide bonds. The highest BCUT2D eigenvalue weighted by Crippen LogP contribution is 2.46. The maximum atomic E-state index is 6.09. The molecule has 2 saturated heterocycles. The Kier molecular flexibility index (Phi) is 2.62. The summed E-state index contributed by atoms with van der Waals surface area (Å²) in [5.74, 6) is 0. The molecule has 2 heterocycles. The van der Waals surface area contributed by atoms with Crippen molar-refractivity contribution in [3.8, 4) is 0 Å². The molecule has 0 spiro atoms. The summed E-state index contributed by atoms with van der Waals surface area (Å²) in [5.41, 5.74) is -0.471. The van der Waals surface area contributed by atoms with Crippen LogP contribution in [0.3, 0.4) is 0 Å². The van der Waals surface area contributed by atoms with Crippen LogP contribution in [0.15, 0.2) is 0 Å². The van der Waals surface area contributed by atoms with Gasteiger partial charge in [0.25, 0.3) is 0 Å². The fraction of sp³-hybridized carbons (Fsp3) is 1.00. The van der Waals surface area contributed by atoms with Gasteiger partial charge in [-0.1, -0.05) is 0 Å². The Balaban J connectivity index is 2.35. The van der Waals surface area contributed by atoms with Gasteiger partial charge in [0.15, 0.2) is 0 Å². The lowest BCUT2D eigenvalue weighted by Gasteiger charge is -2.43. The van der Waals surface area contributed by atoms with Gasteiger partial charge < -0.3 is 19.5 Å². The molecule has 0 aromatic rings. The van der Waals surface area contributed by atoms with Crippen LogP contribution in [0.25, 0.3) is 0 Å². The summed E-state index contributed by atoms with van der Waals surface area (Å²) in [6.07, 6.45) is 0.0717. The Morgan fingerprint density at radius 3 is 2.60 bits per heavy atom. The molecule has 0 aliphatic carbocycles. The monoisotopic (exact) mass is 213 g/mol. The Bertz CT molecular complexity index is 261. The summed E-state index contributed by atoms with van der Waals surface area (Å²) in [6.45, 7) is 4.85. The van der Waals surface area contributed by atoms with E-state index >= 15 is 0 Å². The third kappa shape index (κ3) is 1.30. The Labute approximate surface area is 92.1 Å². The maximum Gasteiger partial charge on any atom is 0.141 e. The summed E-state index contributed by atoms with van der Waals surface area (Å²) in [6, 6.07) is 0.443. The minimum Gasteiger partial charge on any atom is -0.382 e. The second kappa shape index (κ2) is 3.45. The van der Waals surface area contributed by atoms with Crippen molar-refractivity contribution in [2.75, 3.05) is 20.8 Å². The van der Waals surface area contributed by atoms with Crippen molar-refractivity contribution in [2.24, 2.45) is 0 Å². The standard InChI is InChI=1S/C10H20BNO3/c1-9(2)10(5-13-3)7(14-4)6(12-9)8(11)15-10/h6-8,12H,5,11H2,1-4H3/t6?,7?,8-,10-/m1/s1. The SMILES string of the molecule is B[C@@H]1O[C@]2(COC)C(OC)C1NC2(C)C. The average Bonchev–Trinajstić information content (AvgIpc) is 2.51. The minimum absolute atomic E-state index is 0.0717. The van der Waals surface area contributed by atoms with E-state index in [9.17, 15) is 0 Å². The number of nitrogens with one attached hydrogen (secondary N) is 1. The molecular formula is C10H20BNO3. The van der Waals surface area contributed by atoms with Crippen molar-refractivity contribution >= 4 is 7.85 Å². The van der Waals surface area contributed by atoms with Crippen LogP contribution in [0.1, 0.15) is 13.8 Å². The predicted molar refractivity (Wildman–Crippen MR) is 59.8 cm³/mol. The van der Waals surface area contributed by atoms with E-state index in [4.69, 9.17) is 14.2 Å². The van der Waals surface area contributed by atoms with Crippen LogP contribution in [0.5, 0.6) is 0 Å².